The first-order valence-electron chi connectivity index (χ1n) is 6.67. The van der Waals surface area contributed by atoms with Crippen molar-refractivity contribution in [3.63, 3.8) is 0 Å². The molecule has 0 saturated heterocycles. The van der Waals surface area contributed by atoms with E-state index in [2.05, 4.69) is 15.6 Å². The monoisotopic (exact) mass is 250 g/mol. The summed E-state index contributed by atoms with van der Waals surface area (Å²) in [4.78, 5) is 0. The van der Waals surface area contributed by atoms with Crippen LogP contribution in [0.25, 0.3) is 0 Å². The summed E-state index contributed by atoms with van der Waals surface area (Å²) in [7, 11) is 1.59. The van der Waals surface area contributed by atoms with Gasteiger partial charge in [0.2, 0.25) is 5.88 Å². The largest absolute Gasteiger partial charge is 0.480 e. The molecule has 0 aliphatic heterocycles. The Morgan fingerprint density at radius 3 is 2.67 bits per heavy atom. The molecule has 5 nitrogen and oxygen atoms in total. The van der Waals surface area contributed by atoms with Crippen LogP contribution in [0.2, 0.25) is 0 Å². The Hall–Kier alpha value is -1.20. The van der Waals surface area contributed by atoms with E-state index in [0.717, 1.165) is 18.0 Å². The SMILES string of the molecule is COc1ccc(C(CC2CCCCC2)NN)nn1. The van der Waals surface area contributed by atoms with Crippen LogP contribution in [0, 0.1) is 5.92 Å². The molecule has 1 fully saturated rings. The molecule has 1 aliphatic rings. The highest BCUT2D eigenvalue weighted by Crippen LogP contribution is 2.31. The molecule has 100 valence electrons. The fourth-order valence-corrected chi connectivity index (χ4v) is 2.66. The van der Waals surface area contributed by atoms with Gasteiger partial charge in [0.1, 0.15) is 0 Å². The fraction of sp³-hybridized carbons (Fsp3) is 0.692. The second kappa shape index (κ2) is 6.66. The van der Waals surface area contributed by atoms with Crippen LogP contribution in [-0.4, -0.2) is 17.3 Å². The number of rotatable bonds is 5. The van der Waals surface area contributed by atoms with Crippen LogP contribution < -0.4 is 16.0 Å². The molecule has 1 saturated carbocycles. The average Bonchev–Trinajstić information content (AvgIpc) is 2.46. The highest BCUT2D eigenvalue weighted by molar-refractivity contribution is 5.14. The predicted octanol–water partition coefficient (Wildman–Crippen LogP) is 1.96. The molecular formula is C13H22N4O. The van der Waals surface area contributed by atoms with Gasteiger partial charge in [-0.2, -0.15) is 5.10 Å². The summed E-state index contributed by atoms with van der Waals surface area (Å²) in [5.41, 5.74) is 3.75. The molecule has 1 aromatic heterocycles. The van der Waals surface area contributed by atoms with Gasteiger partial charge in [0.05, 0.1) is 18.8 Å². The first-order chi connectivity index (χ1) is 8.83. The number of hydrazine groups is 1. The maximum Gasteiger partial charge on any atom is 0.233 e. The van der Waals surface area contributed by atoms with Gasteiger partial charge in [-0.25, -0.2) is 0 Å². The summed E-state index contributed by atoms with van der Waals surface area (Å²) in [6.07, 6.45) is 7.72. The van der Waals surface area contributed by atoms with Crippen LogP contribution in [0.5, 0.6) is 5.88 Å². The fourth-order valence-electron chi connectivity index (χ4n) is 2.66. The van der Waals surface area contributed by atoms with Crippen molar-refractivity contribution >= 4 is 0 Å². The van der Waals surface area contributed by atoms with Crippen molar-refractivity contribution in [2.75, 3.05) is 7.11 Å². The molecule has 0 amide bonds. The zero-order chi connectivity index (χ0) is 12.8. The van der Waals surface area contributed by atoms with E-state index in [9.17, 15) is 0 Å². The van der Waals surface area contributed by atoms with Crippen molar-refractivity contribution in [1.82, 2.24) is 15.6 Å². The number of hydrogen-bond acceptors (Lipinski definition) is 5. The number of hydrogen-bond donors (Lipinski definition) is 2. The minimum Gasteiger partial charge on any atom is -0.480 e. The van der Waals surface area contributed by atoms with Crippen LogP contribution in [0.4, 0.5) is 0 Å². The number of nitrogens with zero attached hydrogens (tertiary/aromatic N) is 2. The minimum absolute atomic E-state index is 0.0894. The van der Waals surface area contributed by atoms with Crippen LogP contribution >= 0.6 is 0 Å². The van der Waals surface area contributed by atoms with E-state index >= 15 is 0 Å². The quantitative estimate of drug-likeness (QED) is 0.617. The molecule has 1 atom stereocenters. The minimum atomic E-state index is 0.0894. The Bertz CT molecular complexity index is 349. The Balaban J connectivity index is 1.97. The molecule has 1 heterocycles. The van der Waals surface area contributed by atoms with Gasteiger partial charge in [-0.05, 0) is 18.4 Å². The second-order valence-corrected chi connectivity index (χ2v) is 4.96. The number of methoxy groups -OCH3 is 1. The summed E-state index contributed by atoms with van der Waals surface area (Å²) < 4.78 is 5.01. The Labute approximate surface area is 108 Å². The molecule has 0 radical (unpaired) electrons. The van der Waals surface area contributed by atoms with Gasteiger partial charge >= 0.3 is 0 Å². The summed E-state index contributed by atoms with van der Waals surface area (Å²) in [5, 5.41) is 8.16. The molecule has 18 heavy (non-hydrogen) atoms. The lowest BCUT2D eigenvalue weighted by Crippen LogP contribution is -2.31. The van der Waals surface area contributed by atoms with Crippen molar-refractivity contribution in [3.8, 4) is 5.88 Å². The number of ether oxygens (including phenoxy) is 1. The predicted molar refractivity (Wildman–Crippen MR) is 69.8 cm³/mol. The Kier molecular flexibility index (Phi) is 4.90. The molecule has 2 rings (SSSR count). The second-order valence-electron chi connectivity index (χ2n) is 4.96. The van der Waals surface area contributed by atoms with Gasteiger partial charge in [0.25, 0.3) is 0 Å². The van der Waals surface area contributed by atoms with Gasteiger partial charge in [-0.15, -0.1) is 5.10 Å². The van der Waals surface area contributed by atoms with Crippen LogP contribution in [0.1, 0.15) is 50.3 Å². The third-order valence-corrected chi connectivity index (χ3v) is 3.72. The summed E-state index contributed by atoms with van der Waals surface area (Å²) in [6, 6.07) is 3.85. The molecule has 3 N–H and O–H groups in total. The summed E-state index contributed by atoms with van der Waals surface area (Å²) in [6.45, 7) is 0. The average molecular weight is 250 g/mol. The van der Waals surface area contributed by atoms with Crippen molar-refractivity contribution < 1.29 is 4.74 Å². The van der Waals surface area contributed by atoms with E-state index in [0.29, 0.717) is 5.88 Å². The molecule has 1 aromatic rings. The van der Waals surface area contributed by atoms with E-state index < -0.39 is 0 Å². The Morgan fingerprint density at radius 1 is 1.33 bits per heavy atom. The molecule has 5 heteroatoms. The molecule has 0 spiro atoms. The van der Waals surface area contributed by atoms with E-state index in [1.807, 2.05) is 12.1 Å². The zero-order valence-electron chi connectivity index (χ0n) is 10.9. The highest BCUT2D eigenvalue weighted by atomic mass is 16.5. The van der Waals surface area contributed by atoms with E-state index in [1.54, 1.807) is 7.11 Å². The van der Waals surface area contributed by atoms with Crippen molar-refractivity contribution in [2.45, 2.75) is 44.6 Å². The van der Waals surface area contributed by atoms with E-state index in [-0.39, 0.29) is 6.04 Å². The maximum atomic E-state index is 5.64. The van der Waals surface area contributed by atoms with Crippen molar-refractivity contribution in [3.05, 3.63) is 17.8 Å². The molecule has 1 unspecified atom stereocenters. The summed E-state index contributed by atoms with van der Waals surface area (Å²) in [5.74, 6) is 6.93. The van der Waals surface area contributed by atoms with E-state index in [1.165, 1.54) is 32.1 Å². The van der Waals surface area contributed by atoms with Crippen LogP contribution in [0.15, 0.2) is 12.1 Å². The van der Waals surface area contributed by atoms with Gasteiger partial charge < -0.3 is 4.74 Å². The first-order valence-corrected chi connectivity index (χ1v) is 6.67. The summed E-state index contributed by atoms with van der Waals surface area (Å²) >= 11 is 0. The van der Waals surface area contributed by atoms with Gasteiger partial charge in [-0.3, -0.25) is 11.3 Å². The molecular weight excluding hydrogens is 228 g/mol. The third kappa shape index (κ3) is 3.40. The van der Waals surface area contributed by atoms with Crippen LogP contribution in [-0.2, 0) is 0 Å². The topological polar surface area (TPSA) is 73.1 Å². The smallest absolute Gasteiger partial charge is 0.233 e. The molecule has 0 bridgehead atoms. The lowest BCUT2D eigenvalue weighted by molar-refractivity contribution is 0.297. The Morgan fingerprint density at radius 2 is 2.11 bits per heavy atom. The lowest BCUT2D eigenvalue weighted by atomic mass is 9.84. The van der Waals surface area contributed by atoms with Gasteiger partial charge in [0.15, 0.2) is 0 Å². The third-order valence-electron chi connectivity index (χ3n) is 3.72. The van der Waals surface area contributed by atoms with Crippen molar-refractivity contribution in [2.24, 2.45) is 11.8 Å². The maximum absolute atomic E-state index is 5.64. The highest BCUT2D eigenvalue weighted by Gasteiger charge is 2.20. The van der Waals surface area contributed by atoms with Gasteiger partial charge in [0, 0.05) is 6.07 Å². The van der Waals surface area contributed by atoms with E-state index in [4.69, 9.17) is 10.6 Å². The number of nitrogens with two attached hydrogens (primary N) is 1. The standard InChI is InChI=1S/C13H22N4O/c1-18-13-8-7-11(16-17-13)12(15-14)9-10-5-3-2-4-6-10/h7-8,10,12,15H,2-6,9,14H2,1H3. The molecule has 1 aliphatic carbocycles. The first kappa shape index (κ1) is 13.2. The van der Waals surface area contributed by atoms with Crippen molar-refractivity contribution in [1.29, 1.82) is 0 Å². The normalized spacial score (nSPS) is 18.6. The zero-order valence-corrected chi connectivity index (χ0v) is 10.9. The number of aromatic nitrogens is 2. The lowest BCUT2D eigenvalue weighted by Gasteiger charge is -2.25. The van der Waals surface area contributed by atoms with Crippen LogP contribution in [0.3, 0.4) is 0 Å². The van der Waals surface area contributed by atoms with Gasteiger partial charge in [-0.1, -0.05) is 32.1 Å². The number of nitrogens with one attached hydrogen (secondary N) is 1. The molecule has 0 aromatic carbocycles.